The molecule has 0 aliphatic carbocycles. The van der Waals surface area contributed by atoms with Gasteiger partial charge in [-0.3, -0.25) is 10.1 Å². The maximum atomic E-state index is 12.8. The van der Waals surface area contributed by atoms with E-state index in [2.05, 4.69) is 20.7 Å². The van der Waals surface area contributed by atoms with Crippen LogP contribution in [0.4, 0.5) is 11.9 Å². The van der Waals surface area contributed by atoms with Crippen molar-refractivity contribution in [1.82, 2.24) is 14.8 Å². The van der Waals surface area contributed by atoms with E-state index in [9.17, 15) is 4.79 Å². The Morgan fingerprint density at radius 2 is 1.55 bits per heavy atom. The summed E-state index contributed by atoms with van der Waals surface area (Å²) in [6.45, 7) is 2.49. The van der Waals surface area contributed by atoms with E-state index < -0.39 is 0 Å². The summed E-state index contributed by atoms with van der Waals surface area (Å²) in [5.41, 5.74) is 3.44. The first-order chi connectivity index (χ1) is 14.2. The molecule has 0 aliphatic rings. The molecular weight excluding hydrogens is 362 g/mol. The van der Waals surface area contributed by atoms with Gasteiger partial charge in [-0.05, 0) is 36.2 Å². The number of rotatable bonds is 6. The number of carbonyl (C=O) groups is 1. The molecule has 0 saturated heterocycles. The molecule has 0 unspecified atom stereocenters. The van der Waals surface area contributed by atoms with Crippen LogP contribution in [0.2, 0.25) is 0 Å². The van der Waals surface area contributed by atoms with Crippen LogP contribution in [0.5, 0.6) is 0 Å². The molecule has 0 fully saturated rings. The zero-order valence-corrected chi connectivity index (χ0v) is 16.0. The molecule has 0 saturated carbocycles. The minimum absolute atomic E-state index is 0.220. The summed E-state index contributed by atoms with van der Waals surface area (Å²) < 4.78 is 1.63. The van der Waals surface area contributed by atoms with E-state index in [1.165, 1.54) is 0 Å². The van der Waals surface area contributed by atoms with E-state index in [0.717, 1.165) is 16.8 Å². The number of aryl methyl sites for hydroxylation is 1. The zero-order chi connectivity index (χ0) is 20.1. The SMILES string of the molecule is Cc1ccccc1C(=O)Nc1nc(NCc2ccccc2)nn1-c1ccccc1. The van der Waals surface area contributed by atoms with Gasteiger partial charge in [0.25, 0.3) is 5.91 Å². The zero-order valence-electron chi connectivity index (χ0n) is 16.0. The van der Waals surface area contributed by atoms with Gasteiger partial charge in [-0.1, -0.05) is 66.7 Å². The number of nitrogens with one attached hydrogen (secondary N) is 2. The van der Waals surface area contributed by atoms with Crippen LogP contribution in [0, 0.1) is 6.92 Å². The van der Waals surface area contributed by atoms with Crippen LogP contribution in [0.15, 0.2) is 84.9 Å². The Bertz CT molecular complexity index is 1110. The van der Waals surface area contributed by atoms with Gasteiger partial charge >= 0.3 is 0 Å². The molecule has 1 heterocycles. The van der Waals surface area contributed by atoms with Gasteiger partial charge in [0.05, 0.1) is 5.69 Å². The van der Waals surface area contributed by atoms with Crippen LogP contribution in [-0.2, 0) is 6.54 Å². The highest BCUT2D eigenvalue weighted by Gasteiger charge is 2.16. The van der Waals surface area contributed by atoms with E-state index >= 15 is 0 Å². The van der Waals surface area contributed by atoms with Crippen molar-refractivity contribution in [2.75, 3.05) is 10.6 Å². The lowest BCUT2D eigenvalue weighted by atomic mass is 10.1. The fraction of sp³-hybridized carbons (Fsp3) is 0.0870. The molecule has 2 N–H and O–H groups in total. The number of para-hydroxylation sites is 1. The first-order valence-electron chi connectivity index (χ1n) is 9.38. The Kier molecular flexibility index (Phi) is 5.33. The minimum atomic E-state index is -0.220. The average Bonchev–Trinajstić information content (AvgIpc) is 3.16. The standard InChI is InChI=1S/C23H21N5O/c1-17-10-8-9-15-20(17)21(29)25-23-26-22(24-16-18-11-4-2-5-12-18)27-28(23)19-13-6-3-7-14-19/h2-15H,16H2,1H3,(H2,24,25,26,27,29). The van der Waals surface area contributed by atoms with Crippen molar-refractivity contribution in [2.24, 2.45) is 0 Å². The summed E-state index contributed by atoms with van der Waals surface area (Å²) in [7, 11) is 0. The number of carbonyl (C=O) groups excluding carboxylic acids is 1. The van der Waals surface area contributed by atoms with Crippen LogP contribution in [-0.4, -0.2) is 20.7 Å². The van der Waals surface area contributed by atoms with Crippen molar-refractivity contribution in [1.29, 1.82) is 0 Å². The number of benzene rings is 3. The third-order valence-corrected chi connectivity index (χ3v) is 4.52. The molecule has 6 nitrogen and oxygen atoms in total. The highest BCUT2D eigenvalue weighted by molar-refractivity contribution is 6.04. The topological polar surface area (TPSA) is 71.8 Å². The lowest BCUT2D eigenvalue weighted by molar-refractivity contribution is 0.102. The van der Waals surface area contributed by atoms with Gasteiger partial charge in [0.1, 0.15) is 0 Å². The third-order valence-electron chi connectivity index (χ3n) is 4.52. The average molecular weight is 383 g/mol. The van der Waals surface area contributed by atoms with Crippen molar-refractivity contribution in [3.05, 3.63) is 102 Å². The number of anilines is 2. The van der Waals surface area contributed by atoms with Crippen LogP contribution in [0.25, 0.3) is 5.69 Å². The predicted octanol–water partition coefficient (Wildman–Crippen LogP) is 4.44. The molecule has 1 aromatic heterocycles. The van der Waals surface area contributed by atoms with E-state index in [0.29, 0.717) is 24.0 Å². The second kappa shape index (κ2) is 8.39. The summed E-state index contributed by atoms with van der Waals surface area (Å²) in [6, 6.07) is 27.1. The smallest absolute Gasteiger partial charge is 0.258 e. The second-order valence-corrected chi connectivity index (χ2v) is 6.61. The summed E-state index contributed by atoms with van der Waals surface area (Å²) >= 11 is 0. The van der Waals surface area contributed by atoms with Gasteiger partial charge in [0.2, 0.25) is 11.9 Å². The fourth-order valence-corrected chi connectivity index (χ4v) is 2.99. The fourth-order valence-electron chi connectivity index (χ4n) is 2.99. The lowest BCUT2D eigenvalue weighted by Crippen LogP contribution is -2.16. The molecule has 144 valence electrons. The molecule has 4 rings (SSSR count). The Morgan fingerprint density at radius 3 is 2.28 bits per heavy atom. The van der Waals surface area contributed by atoms with Gasteiger partial charge in [0, 0.05) is 12.1 Å². The van der Waals surface area contributed by atoms with Crippen molar-refractivity contribution in [3.8, 4) is 5.69 Å². The van der Waals surface area contributed by atoms with Gasteiger partial charge in [-0.15, -0.1) is 5.10 Å². The van der Waals surface area contributed by atoms with Crippen LogP contribution in [0.3, 0.4) is 0 Å². The highest BCUT2D eigenvalue weighted by Crippen LogP contribution is 2.18. The Balaban J connectivity index is 1.61. The van der Waals surface area contributed by atoms with Gasteiger partial charge < -0.3 is 5.32 Å². The molecule has 0 bridgehead atoms. The summed E-state index contributed by atoms with van der Waals surface area (Å²) in [4.78, 5) is 17.3. The predicted molar refractivity (Wildman–Crippen MR) is 114 cm³/mol. The maximum Gasteiger partial charge on any atom is 0.258 e. The third kappa shape index (κ3) is 4.32. The van der Waals surface area contributed by atoms with E-state index in [1.807, 2.05) is 85.8 Å². The number of nitrogens with zero attached hydrogens (tertiary/aromatic N) is 3. The largest absolute Gasteiger partial charge is 0.349 e. The second-order valence-electron chi connectivity index (χ2n) is 6.61. The number of aromatic nitrogens is 3. The van der Waals surface area contributed by atoms with Crippen LogP contribution in [0.1, 0.15) is 21.5 Å². The first kappa shape index (κ1) is 18.4. The minimum Gasteiger partial charge on any atom is -0.349 e. The van der Waals surface area contributed by atoms with Crippen molar-refractivity contribution < 1.29 is 4.79 Å². The van der Waals surface area contributed by atoms with Crippen LogP contribution >= 0.6 is 0 Å². The Labute approximate surface area is 169 Å². The van der Waals surface area contributed by atoms with Crippen molar-refractivity contribution >= 4 is 17.8 Å². The number of hydrogen-bond donors (Lipinski definition) is 2. The Morgan fingerprint density at radius 1 is 0.897 bits per heavy atom. The van der Waals surface area contributed by atoms with Gasteiger partial charge in [-0.25, -0.2) is 0 Å². The molecule has 0 atom stereocenters. The number of hydrogen-bond acceptors (Lipinski definition) is 4. The first-order valence-corrected chi connectivity index (χ1v) is 9.38. The van der Waals surface area contributed by atoms with E-state index in [4.69, 9.17) is 0 Å². The van der Waals surface area contributed by atoms with Crippen molar-refractivity contribution in [3.63, 3.8) is 0 Å². The Hall–Kier alpha value is -3.93. The molecule has 1 amide bonds. The molecule has 0 radical (unpaired) electrons. The monoisotopic (exact) mass is 383 g/mol. The quantitative estimate of drug-likeness (QED) is 0.516. The molecule has 0 spiro atoms. The van der Waals surface area contributed by atoms with E-state index in [-0.39, 0.29) is 5.91 Å². The lowest BCUT2D eigenvalue weighted by Gasteiger charge is -2.08. The highest BCUT2D eigenvalue weighted by atomic mass is 16.1. The summed E-state index contributed by atoms with van der Waals surface area (Å²) in [6.07, 6.45) is 0. The summed E-state index contributed by atoms with van der Waals surface area (Å²) in [5.74, 6) is 0.583. The number of amides is 1. The maximum absolute atomic E-state index is 12.8. The molecule has 0 aliphatic heterocycles. The molecule has 29 heavy (non-hydrogen) atoms. The molecule has 3 aromatic carbocycles. The molecule has 4 aromatic rings. The van der Waals surface area contributed by atoms with Crippen molar-refractivity contribution in [2.45, 2.75) is 13.5 Å². The van der Waals surface area contributed by atoms with Gasteiger partial charge in [0.15, 0.2) is 0 Å². The van der Waals surface area contributed by atoms with E-state index in [1.54, 1.807) is 10.7 Å². The summed E-state index contributed by atoms with van der Waals surface area (Å²) in [5, 5.41) is 10.7. The molecule has 6 heteroatoms. The molecular formula is C23H21N5O. The normalized spacial score (nSPS) is 10.5. The van der Waals surface area contributed by atoms with Gasteiger partial charge in [-0.2, -0.15) is 9.67 Å². The van der Waals surface area contributed by atoms with Crippen LogP contribution < -0.4 is 10.6 Å².